The molecule has 0 spiro atoms. The standard InChI is InChI=1S/C20H19F2N5O2.CH2O2/c21-14-5-2-6-15(22)16(14)19-26-17(18(23)28)20(29-19)25-12-3-1-4-13(11-12)27-9-7-24-8-10-27;2-1-3/h1-6,11,24-25H,7-10H2,(H2,23,28);1H,(H,2,3). The predicted octanol–water partition coefficient (Wildman–Crippen LogP) is 2.57. The van der Waals surface area contributed by atoms with E-state index in [1.807, 2.05) is 18.2 Å². The fourth-order valence-corrected chi connectivity index (χ4v) is 3.22. The maximum absolute atomic E-state index is 14.1. The highest BCUT2D eigenvalue weighted by molar-refractivity contribution is 5.96. The van der Waals surface area contributed by atoms with E-state index in [-0.39, 0.29) is 23.9 Å². The summed E-state index contributed by atoms with van der Waals surface area (Å²) in [4.78, 5) is 26.3. The molecule has 11 heteroatoms. The van der Waals surface area contributed by atoms with Gasteiger partial charge in [0.1, 0.15) is 17.2 Å². The molecule has 4 rings (SSSR count). The van der Waals surface area contributed by atoms with Gasteiger partial charge in [0.2, 0.25) is 11.8 Å². The fraction of sp³-hybridized carbons (Fsp3) is 0.190. The molecule has 0 radical (unpaired) electrons. The molecule has 0 bridgehead atoms. The minimum Gasteiger partial charge on any atom is -0.483 e. The molecule has 0 saturated carbocycles. The van der Waals surface area contributed by atoms with Gasteiger partial charge in [-0.1, -0.05) is 12.1 Å². The number of halogens is 2. The second-order valence-electron chi connectivity index (χ2n) is 6.68. The van der Waals surface area contributed by atoms with E-state index in [0.29, 0.717) is 5.69 Å². The molecule has 9 nitrogen and oxygen atoms in total. The van der Waals surface area contributed by atoms with Crippen LogP contribution in [0.4, 0.5) is 26.0 Å². The Morgan fingerprint density at radius 2 is 1.81 bits per heavy atom. The lowest BCUT2D eigenvalue weighted by Gasteiger charge is -2.29. The first-order valence-electron chi connectivity index (χ1n) is 9.60. The molecular formula is C21H21F2N5O4. The first-order valence-corrected chi connectivity index (χ1v) is 9.60. The van der Waals surface area contributed by atoms with E-state index in [2.05, 4.69) is 20.5 Å². The van der Waals surface area contributed by atoms with Gasteiger partial charge < -0.3 is 30.8 Å². The molecule has 5 N–H and O–H groups in total. The van der Waals surface area contributed by atoms with E-state index in [1.165, 1.54) is 6.07 Å². The van der Waals surface area contributed by atoms with Gasteiger partial charge >= 0.3 is 0 Å². The molecular weight excluding hydrogens is 424 g/mol. The highest BCUT2D eigenvalue weighted by Crippen LogP contribution is 2.32. The largest absolute Gasteiger partial charge is 0.483 e. The van der Waals surface area contributed by atoms with Crippen LogP contribution in [0.2, 0.25) is 0 Å². The Morgan fingerprint density at radius 1 is 1.19 bits per heavy atom. The van der Waals surface area contributed by atoms with Crippen LogP contribution in [0.3, 0.4) is 0 Å². The van der Waals surface area contributed by atoms with E-state index in [1.54, 1.807) is 6.07 Å². The smallest absolute Gasteiger partial charge is 0.290 e. The molecule has 1 amide bonds. The lowest BCUT2D eigenvalue weighted by Crippen LogP contribution is -2.43. The van der Waals surface area contributed by atoms with Crippen molar-refractivity contribution in [3.63, 3.8) is 0 Å². The average Bonchev–Trinajstić information content (AvgIpc) is 3.18. The van der Waals surface area contributed by atoms with E-state index < -0.39 is 23.1 Å². The van der Waals surface area contributed by atoms with Crippen molar-refractivity contribution >= 4 is 29.6 Å². The van der Waals surface area contributed by atoms with Crippen molar-refractivity contribution in [1.29, 1.82) is 0 Å². The van der Waals surface area contributed by atoms with Gasteiger partial charge in [-0.05, 0) is 30.3 Å². The summed E-state index contributed by atoms with van der Waals surface area (Å²) in [6.07, 6.45) is 0. The van der Waals surface area contributed by atoms with Crippen molar-refractivity contribution in [3.8, 4) is 11.5 Å². The third-order valence-corrected chi connectivity index (χ3v) is 4.62. The number of oxazole rings is 1. The summed E-state index contributed by atoms with van der Waals surface area (Å²) in [5.74, 6) is -3.02. The van der Waals surface area contributed by atoms with Crippen molar-refractivity contribution in [3.05, 3.63) is 59.8 Å². The summed E-state index contributed by atoms with van der Waals surface area (Å²) in [6.45, 7) is 3.27. The zero-order chi connectivity index (χ0) is 23.1. The van der Waals surface area contributed by atoms with E-state index in [9.17, 15) is 13.6 Å². The van der Waals surface area contributed by atoms with Gasteiger partial charge in [-0.15, -0.1) is 0 Å². The van der Waals surface area contributed by atoms with Crippen LogP contribution in [-0.2, 0) is 4.79 Å². The van der Waals surface area contributed by atoms with Gasteiger partial charge in [0.25, 0.3) is 12.4 Å². The van der Waals surface area contributed by atoms with Crippen LogP contribution in [0.1, 0.15) is 10.5 Å². The highest BCUT2D eigenvalue weighted by Gasteiger charge is 2.23. The third-order valence-electron chi connectivity index (χ3n) is 4.62. The number of nitrogens with zero attached hydrogens (tertiary/aromatic N) is 2. The lowest BCUT2D eigenvalue weighted by atomic mass is 10.2. The first-order chi connectivity index (χ1) is 15.4. The maximum atomic E-state index is 14.1. The fourth-order valence-electron chi connectivity index (χ4n) is 3.22. The number of piperazine rings is 1. The Labute approximate surface area is 181 Å². The molecule has 32 heavy (non-hydrogen) atoms. The normalized spacial score (nSPS) is 13.1. The monoisotopic (exact) mass is 445 g/mol. The molecule has 168 valence electrons. The summed E-state index contributed by atoms with van der Waals surface area (Å²) in [6, 6.07) is 10.9. The Kier molecular flexibility index (Phi) is 7.34. The molecule has 2 aromatic carbocycles. The average molecular weight is 445 g/mol. The van der Waals surface area contributed by atoms with Crippen LogP contribution in [0, 0.1) is 11.6 Å². The molecule has 1 aliphatic heterocycles. The number of carbonyl (C=O) groups excluding carboxylic acids is 1. The minimum atomic E-state index is -0.877. The van der Waals surface area contributed by atoms with Crippen molar-refractivity contribution in [2.45, 2.75) is 0 Å². The minimum absolute atomic E-state index is 0.0763. The van der Waals surface area contributed by atoms with Gasteiger partial charge in [-0.2, -0.15) is 0 Å². The number of hydrogen-bond donors (Lipinski definition) is 4. The molecule has 1 aromatic heterocycles. The van der Waals surface area contributed by atoms with Crippen LogP contribution in [0.15, 0.2) is 46.9 Å². The Bertz CT molecular complexity index is 1080. The number of hydrogen-bond acceptors (Lipinski definition) is 7. The molecule has 1 saturated heterocycles. The van der Waals surface area contributed by atoms with Crippen molar-refractivity contribution in [2.75, 3.05) is 36.4 Å². The molecule has 2 heterocycles. The quantitative estimate of drug-likeness (QED) is 0.441. The second kappa shape index (κ2) is 10.4. The van der Waals surface area contributed by atoms with Crippen molar-refractivity contribution in [2.24, 2.45) is 5.73 Å². The zero-order valence-corrected chi connectivity index (χ0v) is 16.8. The van der Waals surface area contributed by atoms with Crippen LogP contribution in [0.5, 0.6) is 0 Å². The van der Waals surface area contributed by atoms with Gasteiger partial charge in [0, 0.05) is 37.6 Å². The summed E-state index contributed by atoms with van der Waals surface area (Å²) in [5.41, 5.74) is 6.30. The number of amides is 1. The van der Waals surface area contributed by atoms with E-state index >= 15 is 0 Å². The molecule has 1 fully saturated rings. The molecule has 0 unspecified atom stereocenters. The van der Waals surface area contributed by atoms with Gasteiger partial charge in [0.15, 0.2) is 5.69 Å². The Hall–Kier alpha value is -3.99. The van der Waals surface area contributed by atoms with Crippen LogP contribution >= 0.6 is 0 Å². The van der Waals surface area contributed by atoms with E-state index in [4.69, 9.17) is 20.1 Å². The first kappa shape index (κ1) is 22.7. The number of aromatic nitrogens is 1. The summed E-state index contributed by atoms with van der Waals surface area (Å²) < 4.78 is 33.6. The Balaban J connectivity index is 0.000000913. The number of anilines is 3. The number of nitrogens with two attached hydrogens (primary N) is 1. The number of rotatable bonds is 5. The molecule has 3 aromatic rings. The predicted molar refractivity (Wildman–Crippen MR) is 114 cm³/mol. The SMILES string of the molecule is NC(=O)c1nc(-c2c(F)cccc2F)oc1Nc1cccc(N2CCNCC2)c1.O=CO. The number of carbonyl (C=O) groups is 2. The number of primary amides is 1. The van der Waals surface area contributed by atoms with E-state index in [0.717, 1.165) is 44.0 Å². The van der Waals surface area contributed by atoms with Crippen molar-refractivity contribution < 1.29 is 27.9 Å². The summed E-state index contributed by atoms with van der Waals surface area (Å²) in [5, 5.41) is 13.1. The van der Waals surface area contributed by atoms with Gasteiger partial charge in [-0.3, -0.25) is 9.59 Å². The zero-order valence-electron chi connectivity index (χ0n) is 16.8. The summed E-state index contributed by atoms with van der Waals surface area (Å²) in [7, 11) is 0. The second-order valence-corrected chi connectivity index (χ2v) is 6.68. The van der Waals surface area contributed by atoms with Gasteiger partial charge in [0.05, 0.1) is 0 Å². The highest BCUT2D eigenvalue weighted by atomic mass is 19.1. The topological polar surface area (TPSA) is 134 Å². The number of benzene rings is 2. The maximum Gasteiger partial charge on any atom is 0.290 e. The molecule has 1 aliphatic rings. The number of carboxylic acid groups (broad SMARTS) is 1. The van der Waals surface area contributed by atoms with Crippen LogP contribution in [-0.4, -0.2) is 48.6 Å². The van der Waals surface area contributed by atoms with Gasteiger partial charge in [-0.25, -0.2) is 13.8 Å². The lowest BCUT2D eigenvalue weighted by molar-refractivity contribution is -0.122. The number of nitrogens with one attached hydrogen (secondary N) is 2. The summed E-state index contributed by atoms with van der Waals surface area (Å²) >= 11 is 0. The van der Waals surface area contributed by atoms with Crippen molar-refractivity contribution in [1.82, 2.24) is 10.3 Å². The van der Waals surface area contributed by atoms with Crippen LogP contribution < -0.4 is 21.3 Å². The molecule has 0 aliphatic carbocycles. The molecule has 0 atom stereocenters. The van der Waals surface area contributed by atoms with Crippen LogP contribution in [0.25, 0.3) is 11.5 Å². The Morgan fingerprint density at radius 3 is 2.44 bits per heavy atom. The third kappa shape index (κ3) is 5.19.